The van der Waals surface area contributed by atoms with Gasteiger partial charge in [0.05, 0.1) is 0 Å². The second kappa shape index (κ2) is 5.86. The number of nitrogens with zero attached hydrogens (tertiary/aromatic N) is 1. The second-order valence-corrected chi connectivity index (χ2v) is 5.31. The molecule has 0 radical (unpaired) electrons. The van der Waals surface area contributed by atoms with Crippen molar-refractivity contribution < 1.29 is 0 Å². The van der Waals surface area contributed by atoms with Crippen molar-refractivity contribution in [2.75, 3.05) is 13.1 Å². The molecule has 1 rings (SSSR count). The van der Waals surface area contributed by atoms with Crippen LogP contribution in [0.3, 0.4) is 0 Å². The van der Waals surface area contributed by atoms with Gasteiger partial charge >= 0.3 is 0 Å². The Morgan fingerprint density at radius 3 is 2.40 bits per heavy atom. The molecule has 1 fully saturated rings. The lowest BCUT2D eigenvalue weighted by Crippen LogP contribution is -2.47. The predicted molar refractivity (Wildman–Crippen MR) is 66.9 cm³/mol. The van der Waals surface area contributed by atoms with E-state index in [2.05, 4.69) is 32.6 Å². The van der Waals surface area contributed by atoms with Gasteiger partial charge in [-0.25, -0.2) is 0 Å². The molecular weight excluding hydrogens is 184 g/mol. The lowest BCUT2D eigenvalue weighted by atomic mass is 9.97. The summed E-state index contributed by atoms with van der Waals surface area (Å²) in [4.78, 5) is 2.68. The minimum absolute atomic E-state index is 0.687. The zero-order valence-corrected chi connectivity index (χ0v) is 10.9. The fourth-order valence-corrected chi connectivity index (χ4v) is 2.94. The Morgan fingerprint density at radius 2 is 1.93 bits per heavy atom. The Labute approximate surface area is 95.2 Å². The van der Waals surface area contributed by atoms with Crippen molar-refractivity contribution in [3.63, 3.8) is 0 Å². The predicted octanol–water partition coefficient (Wildman–Crippen LogP) is 2.48. The lowest BCUT2D eigenvalue weighted by molar-refractivity contribution is 0.0967. The van der Waals surface area contributed by atoms with Gasteiger partial charge in [0.1, 0.15) is 0 Å². The molecule has 3 unspecified atom stereocenters. The van der Waals surface area contributed by atoms with E-state index in [4.69, 9.17) is 5.73 Å². The van der Waals surface area contributed by atoms with Gasteiger partial charge in [-0.1, -0.05) is 27.2 Å². The van der Waals surface area contributed by atoms with Crippen LogP contribution in [0.2, 0.25) is 0 Å². The van der Waals surface area contributed by atoms with Gasteiger partial charge < -0.3 is 5.73 Å². The standard InChI is InChI=1S/C13H28N2/c1-5-15(11(4)10(2)3)13-8-6-7-12(13)9-14/h10-13H,5-9,14H2,1-4H3. The first kappa shape index (κ1) is 13.0. The van der Waals surface area contributed by atoms with Crippen LogP contribution in [0.4, 0.5) is 0 Å². The fourth-order valence-electron chi connectivity index (χ4n) is 2.94. The molecule has 2 heteroatoms. The molecule has 0 heterocycles. The first-order valence-electron chi connectivity index (χ1n) is 6.57. The van der Waals surface area contributed by atoms with Crippen molar-refractivity contribution >= 4 is 0 Å². The molecule has 0 aromatic heterocycles. The van der Waals surface area contributed by atoms with E-state index in [1.54, 1.807) is 0 Å². The van der Waals surface area contributed by atoms with Crippen LogP contribution < -0.4 is 5.73 Å². The quantitative estimate of drug-likeness (QED) is 0.758. The normalized spacial score (nSPS) is 29.0. The average molecular weight is 212 g/mol. The van der Waals surface area contributed by atoms with Gasteiger partial charge in [-0.05, 0) is 44.7 Å². The number of hydrogen-bond acceptors (Lipinski definition) is 2. The van der Waals surface area contributed by atoms with Crippen molar-refractivity contribution in [1.29, 1.82) is 0 Å². The molecule has 0 aliphatic heterocycles. The van der Waals surface area contributed by atoms with Gasteiger partial charge in [0.2, 0.25) is 0 Å². The highest BCUT2D eigenvalue weighted by atomic mass is 15.2. The molecule has 1 saturated carbocycles. The molecule has 1 aliphatic rings. The maximum Gasteiger partial charge on any atom is 0.0138 e. The van der Waals surface area contributed by atoms with Gasteiger partial charge in [-0.3, -0.25) is 4.90 Å². The molecule has 2 N–H and O–H groups in total. The Kier molecular flexibility index (Phi) is 5.07. The minimum atomic E-state index is 0.687. The van der Waals surface area contributed by atoms with Gasteiger partial charge in [-0.15, -0.1) is 0 Å². The number of hydrogen-bond donors (Lipinski definition) is 1. The highest BCUT2D eigenvalue weighted by molar-refractivity contribution is 4.88. The van der Waals surface area contributed by atoms with E-state index in [0.29, 0.717) is 6.04 Å². The summed E-state index contributed by atoms with van der Waals surface area (Å²) in [6.45, 7) is 11.3. The highest BCUT2D eigenvalue weighted by Crippen LogP contribution is 2.31. The Balaban J connectivity index is 2.64. The van der Waals surface area contributed by atoms with E-state index in [9.17, 15) is 0 Å². The van der Waals surface area contributed by atoms with Crippen LogP contribution in [0.15, 0.2) is 0 Å². The minimum Gasteiger partial charge on any atom is -0.330 e. The Morgan fingerprint density at radius 1 is 1.27 bits per heavy atom. The monoisotopic (exact) mass is 212 g/mol. The molecule has 0 aromatic rings. The van der Waals surface area contributed by atoms with Crippen LogP contribution in [0.1, 0.15) is 47.0 Å². The van der Waals surface area contributed by atoms with Crippen LogP contribution >= 0.6 is 0 Å². The average Bonchev–Trinajstić information content (AvgIpc) is 2.66. The van der Waals surface area contributed by atoms with Crippen LogP contribution in [0.25, 0.3) is 0 Å². The molecule has 15 heavy (non-hydrogen) atoms. The SMILES string of the molecule is CCN(C(C)C(C)C)C1CCCC1CN. The topological polar surface area (TPSA) is 29.3 Å². The molecule has 0 spiro atoms. The molecule has 2 nitrogen and oxygen atoms in total. The largest absolute Gasteiger partial charge is 0.330 e. The molecule has 0 aromatic carbocycles. The summed E-state index contributed by atoms with van der Waals surface area (Å²) in [5, 5.41) is 0. The van der Waals surface area contributed by atoms with Crippen molar-refractivity contribution in [3.05, 3.63) is 0 Å². The first-order valence-corrected chi connectivity index (χ1v) is 6.57. The third-order valence-electron chi connectivity index (χ3n) is 4.20. The third kappa shape index (κ3) is 2.94. The van der Waals surface area contributed by atoms with Crippen LogP contribution in [-0.4, -0.2) is 30.1 Å². The fraction of sp³-hybridized carbons (Fsp3) is 1.00. The van der Waals surface area contributed by atoms with Crippen molar-refractivity contribution in [2.45, 2.75) is 59.0 Å². The summed E-state index contributed by atoms with van der Waals surface area (Å²) in [7, 11) is 0. The summed E-state index contributed by atoms with van der Waals surface area (Å²) in [5.41, 5.74) is 5.87. The van der Waals surface area contributed by atoms with E-state index in [1.165, 1.54) is 25.8 Å². The van der Waals surface area contributed by atoms with Crippen molar-refractivity contribution in [1.82, 2.24) is 4.90 Å². The summed E-state index contributed by atoms with van der Waals surface area (Å²) < 4.78 is 0. The second-order valence-electron chi connectivity index (χ2n) is 5.31. The van der Waals surface area contributed by atoms with Crippen LogP contribution in [0, 0.1) is 11.8 Å². The smallest absolute Gasteiger partial charge is 0.0138 e. The van der Waals surface area contributed by atoms with Crippen molar-refractivity contribution in [2.24, 2.45) is 17.6 Å². The summed E-state index contributed by atoms with van der Waals surface area (Å²) in [6.07, 6.45) is 4.06. The molecule has 1 aliphatic carbocycles. The van der Waals surface area contributed by atoms with E-state index in [0.717, 1.165) is 24.4 Å². The summed E-state index contributed by atoms with van der Waals surface area (Å²) in [6, 6.07) is 1.43. The van der Waals surface area contributed by atoms with E-state index < -0.39 is 0 Å². The molecule has 0 bridgehead atoms. The summed E-state index contributed by atoms with van der Waals surface area (Å²) in [5.74, 6) is 1.48. The highest BCUT2D eigenvalue weighted by Gasteiger charge is 2.33. The zero-order valence-electron chi connectivity index (χ0n) is 10.9. The zero-order chi connectivity index (χ0) is 11.4. The maximum atomic E-state index is 5.87. The van der Waals surface area contributed by atoms with Crippen molar-refractivity contribution in [3.8, 4) is 0 Å². The van der Waals surface area contributed by atoms with Gasteiger partial charge in [-0.2, -0.15) is 0 Å². The van der Waals surface area contributed by atoms with Gasteiger partial charge in [0.25, 0.3) is 0 Å². The summed E-state index contributed by atoms with van der Waals surface area (Å²) >= 11 is 0. The van der Waals surface area contributed by atoms with E-state index >= 15 is 0 Å². The molecule has 3 atom stereocenters. The van der Waals surface area contributed by atoms with E-state index in [1.807, 2.05) is 0 Å². The first-order chi connectivity index (χ1) is 7.11. The third-order valence-corrected chi connectivity index (χ3v) is 4.20. The molecule has 90 valence electrons. The Bertz CT molecular complexity index is 179. The lowest BCUT2D eigenvalue weighted by Gasteiger charge is -2.38. The molecular formula is C13H28N2. The number of nitrogens with two attached hydrogens (primary N) is 1. The molecule has 0 saturated heterocycles. The Hall–Kier alpha value is -0.0800. The van der Waals surface area contributed by atoms with E-state index in [-0.39, 0.29) is 0 Å². The maximum absolute atomic E-state index is 5.87. The molecule has 0 amide bonds. The van der Waals surface area contributed by atoms with Gasteiger partial charge in [0, 0.05) is 12.1 Å². The number of rotatable bonds is 5. The van der Waals surface area contributed by atoms with Gasteiger partial charge in [0.15, 0.2) is 0 Å². The van der Waals surface area contributed by atoms with Crippen LogP contribution in [0.5, 0.6) is 0 Å². The van der Waals surface area contributed by atoms with Crippen LogP contribution in [-0.2, 0) is 0 Å².